The number of benzene rings is 6. The average Bonchev–Trinajstić information content (AvgIpc) is 3.05. The van der Waals surface area contributed by atoms with Crippen molar-refractivity contribution in [3.63, 3.8) is 0 Å². The van der Waals surface area contributed by atoms with Crippen LogP contribution < -0.4 is 9.64 Å². The molecular weight excluding hydrogens is 522 g/mol. The predicted molar refractivity (Wildman–Crippen MR) is 179 cm³/mol. The van der Waals surface area contributed by atoms with Crippen LogP contribution in [0.5, 0.6) is 5.75 Å². The molecule has 0 bridgehead atoms. The van der Waals surface area contributed by atoms with Gasteiger partial charge in [-0.1, -0.05) is 136 Å². The molecule has 0 aromatic heterocycles. The highest BCUT2D eigenvalue weighted by molar-refractivity contribution is 5.84. The molecule has 2 nitrogen and oxygen atoms in total. The zero-order valence-electron chi connectivity index (χ0n) is 24.9. The Morgan fingerprint density at radius 1 is 0.488 bits per heavy atom. The Hall–Kier alpha value is -5.08. The fourth-order valence-corrected chi connectivity index (χ4v) is 6.28. The molecule has 6 aromatic rings. The highest BCUT2D eigenvalue weighted by Crippen LogP contribution is 2.53. The molecule has 0 amide bonds. The lowest BCUT2D eigenvalue weighted by Gasteiger charge is -2.42. The number of nitrogens with zero attached hydrogens (tertiary/aromatic N) is 1. The Labute approximate surface area is 254 Å². The second-order valence-corrected chi connectivity index (χ2v) is 12.2. The van der Waals surface area contributed by atoms with Gasteiger partial charge < -0.3 is 9.64 Å². The van der Waals surface area contributed by atoms with Crippen LogP contribution in [0.4, 0.5) is 17.1 Å². The van der Waals surface area contributed by atoms with Gasteiger partial charge in [0.05, 0.1) is 0 Å². The summed E-state index contributed by atoms with van der Waals surface area (Å²) in [6, 6.07) is 56.0. The van der Waals surface area contributed by atoms with Crippen molar-refractivity contribution < 1.29 is 4.74 Å². The standard InChI is InChI=1S/C41H35NO/c1-40(2,3)30-23-25-32(26-24-30)41(31-15-7-4-8-16-31)38-22-14-13-21-36(38)37-28-27-35(29-39(37)43-41)42(33-17-9-5-10-18-33)34-19-11-6-12-20-34/h4-29H,1-3H3. The van der Waals surface area contributed by atoms with E-state index in [1.165, 1.54) is 11.1 Å². The molecule has 0 fully saturated rings. The van der Waals surface area contributed by atoms with E-state index in [4.69, 9.17) is 4.74 Å². The van der Waals surface area contributed by atoms with E-state index < -0.39 is 5.60 Å². The molecule has 1 unspecified atom stereocenters. The van der Waals surface area contributed by atoms with Crippen molar-refractivity contribution in [1.82, 2.24) is 0 Å². The molecule has 0 saturated carbocycles. The van der Waals surface area contributed by atoms with Crippen LogP contribution in [0.3, 0.4) is 0 Å². The first kappa shape index (κ1) is 26.8. The van der Waals surface area contributed by atoms with E-state index in [0.29, 0.717) is 0 Å². The Kier molecular flexibility index (Phi) is 6.63. The predicted octanol–water partition coefficient (Wildman–Crippen LogP) is 10.8. The van der Waals surface area contributed by atoms with E-state index >= 15 is 0 Å². The third kappa shape index (κ3) is 4.70. The second-order valence-electron chi connectivity index (χ2n) is 12.2. The molecular formula is C41H35NO. The maximum absolute atomic E-state index is 7.38. The minimum atomic E-state index is -0.815. The summed E-state index contributed by atoms with van der Waals surface area (Å²) >= 11 is 0. The normalized spacial score (nSPS) is 15.6. The van der Waals surface area contributed by atoms with Gasteiger partial charge in [0.15, 0.2) is 5.60 Å². The minimum absolute atomic E-state index is 0.0591. The average molecular weight is 558 g/mol. The fourth-order valence-electron chi connectivity index (χ4n) is 6.28. The quantitative estimate of drug-likeness (QED) is 0.209. The number of ether oxygens (including phenoxy) is 1. The maximum Gasteiger partial charge on any atom is 0.185 e. The number of rotatable bonds is 5. The summed E-state index contributed by atoms with van der Waals surface area (Å²) in [5, 5.41) is 0. The molecule has 0 saturated heterocycles. The lowest BCUT2D eigenvalue weighted by atomic mass is 9.74. The summed E-state index contributed by atoms with van der Waals surface area (Å²) < 4.78 is 7.38. The van der Waals surface area contributed by atoms with Crippen molar-refractivity contribution in [3.8, 4) is 16.9 Å². The molecule has 1 aliphatic rings. The van der Waals surface area contributed by atoms with Crippen molar-refractivity contribution in [2.24, 2.45) is 0 Å². The highest BCUT2D eigenvalue weighted by atomic mass is 16.5. The zero-order chi connectivity index (χ0) is 29.4. The number of anilines is 3. The first-order chi connectivity index (χ1) is 20.9. The molecule has 0 aliphatic carbocycles. The molecule has 43 heavy (non-hydrogen) atoms. The van der Waals surface area contributed by atoms with Crippen LogP contribution in [0.1, 0.15) is 43.0 Å². The number of fused-ring (bicyclic) bond motifs is 3. The van der Waals surface area contributed by atoms with Gasteiger partial charge in [-0.15, -0.1) is 0 Å². The van der Waals surface area contributed by atoms with Crippen molar-refractivity contribution in [2.45, 2.75) is 31.8 Å². The lowest BCUT2D eigenvalue weighted by Crippen LogP contribution is -2.38. The van der Waals surface area contributed by atoms with E-state index in [-0.39, 0.29) is 5.41 Å². The molecule has 1 aliphatic heterocycles. The van der Waals surface area contributed by atoms with Gasteiger partial charge in [0.2, 0.25) is 0 Å². The Morgan fingerprint density at radius 2 is 1.02 bits per heavy atom. The Morgan fingerprint density at radius 3 is 1.63 bits per heavy atom. The molecule has 6 aromatic carbocycles. The Bertz CT molecular complexity index is 1820. The zero-order valence-corrected chi connectivity index (χ0v) is 24.9. The van der Waals surface area contributed by atoms with Gasteiger partial charge in [-0.05, 0) is 52.9 Å². The number of para-hydroxylation sites is 2. The molecule has 0 spiro atoms. The van der Waals surface area contributed by atoms with Gasteiger partial charge in [0.25, 0.3) is 0 Å². The first-order valence-electron chi connectivity index (χ1n) is 14.9. The molecule has 1 atom stereocenters. The molecule has 210 valence electrons. The van der Waals surface area contributed by atoms with Crippen molar-refractivity contribution >= 4 is 17.1 Å². The van der Waals surface area contributed by atoms with E-state index in [1.54, 1.807) is 0 Å². The van der Waals surface area contributed by atoms with Gasteiger partial charge in [-0.25, -0.2) is 0 Å². The van der Waals surface area contributed by atoms with Gasteiger partial charge in [0.1, 0.15) is 5.75 Å². The second kappa shape index (κ2) is 10.6. The Balaban J connectivity index is 1.46. The number of hydrogen-bond acceptors (Lipinski definition) is 2. The van der Waals surface area contributed by atoms with Crippen LogP contribution in [0.15, 0.2) is 158 Å². The van der Waals surface area contributed by atoms with Crippen molar-refractivity contribution in [3.05, 3.63) is 180 Å². The first-order valence-corrected chi connectivity index (χ1v) is 14.9. The summed E-state index contributed by atoms with van der Waals surface area (Å²) in [5.41, 5.74) is 9.41. The van der Waals surface area contributed by atoms with Crippen LogP contribution >= 0.6 is 0 Å². The van der Waals surface area contributed by atoms with Crippen molar-refractivity contribution in [2.75, 3.05) is 4.90 Å². The van der Waals surface area contributed by atoms with E-state index in [0.717, 1.165) is 45.1 Å². The molecule has 0 radical (unpaired) electrons. The van der Waals surface area contributed by atoms with Crippen molar-refractivity contribution in [1.29, 1.82) is 0 Å². The SMILES string of the molecule is CC(C)(C)c1ccc(C2(c3ccccc3)Oc3cc(N(c4ccccc4)c4ccccc4)ccc3-c3ccccc32)cc1. The summed E-state index contributed by atoms with van der Waals surface area (Å²) in [7, 11) is 0. The summed E-state index contributed by atoms with van der Waals surface area (Å²) in [4.78, 5) is 2.28. The number of hydrogen-bond donors (Lipinski definition) is 0. The summed E-state index contributed by atoms with van der Waals surface area (Å²) in [5.74, 6) is 0.858. The van der Waals surface area contributed by atoms with E-state index in [2.05, 4.69) is 183 Å². The van der Waals surface area contributed by atoms with Crippen LogP contribution in [0.25, 0.3) is 11.1 Å². The van der Waals surface area contributed by atoms with E-state index in [1.807, 2.05) is 0 Å². The van der Waals surface area contributed by atoms with Crippen LogP contribution in [0.2, 0.25) is 0 Å². The fraction of sp³-hybridized carbons (Fsp3) is 0.122. The van der Waals surface area contributed by atoms with Crippen LogP contribution in [0, 0.1) is 0 Å². The summed E-state index contributed by atoms with van der Waals surface area (Å²) in [6.07, 6.45) is 0. The van der Waals surface area contributed by atoms with Gasteiger partial charge in [0, 0.05) is 45.4 Å². The highest BCUT2D eigenvalue weighted by Gasteiger charge is 2.44. The topological polar surface area (TPSA) is 12.5 Å². The van der Waals surface area contributed by atoms with Crippen LogP contribution in [-0.4, -0.2) is 0 Å². The molecule has 0 N–H and O–H groups in total. The largest absolute Gasteiger partial charge is 0.472 e. The molecule has 7 rings (SSSR count). The van der Waals surface area contributed by atoms with Gasteiger partial charge in [-0.2, -0.15) is 0 Å². The third-order valence-electron chi connectivity index (χ3n) is 8.45. The minimum Gasteiger partial charge on any atom is -0.472 e. The monoisotopic (exact) mass is 557 g/mol. The smallest absolute Gasteiger partial charge is 0.185 e. The molecule has 1 heterocycles. The van der Waals surface area contributed by atoms with Gasteiger partial charge >= 0.3 is 0 Å². The maximum atomic E-state index is 7.38. The third-order valence-corrected chi connectivity index (χ3v) is 8.45. The molecule has 2 heteroatoms. The van der Waals surface area contributed by atoms with Gasteiger partial charge in [-0.3, -0.25) is 0 Å². The van der Waals surface area contributed by atoms with Crippen LogP contribution in [-0.2, 0) is 11.0 Å². The summed E-state index contributed by atoms with van der Waals surface area (Å²) in [6.45, 7) is 6.76. The lowest BCUT2D eigenvalue weighted by molar-refractivity contribution is 0.152. The van der Waals surface area contributed by atoms with E-state index in [9.17, 15) is 0 Å².